The van der Waals surface area contributed by atoms with Gasteiger partial charge < -0.3 is 9.64 Å². The summed E-state index contributed by atoms with van der Waals surface area (Å²) < 4.78 is 5.95. The molecule has 116 valence electrons. The van der Waals surface area contributed by atoms with Crippen LogP contribution in [0.1, 0.15) is 24.1 Å². The SMILES string of the molecule is Cc1ccc(N2CCC(COc3ccncc3C)CC2)nn1. The average molecular weight is 298 g/mol. The normalized spacial score (nSPS) is 15.8. The van der Waals surface area contributed by atoms with Crippen molar-refractivity contribution in [3.05, 3.63) is 41.9 Å². The lowest BCUT2D eigenvalue weighted by atomic mass is 9.98. The maximum absolute atomic E-state index is 5.95. The zero-order chi connectivity index (χ0) is 15.4. The molecule has 5 nitrogen and oxygen atoms in total. The van der Waals surface area contributed by atoms with E-state index >= 15 is 0 Å². The van der Waals surface area contributed by atoms with Gasteiger partial charge in [0.1, 0.15) is 5.75 Å². The maximum Gasteiger partial charge on any atom is 0.151 e. The molecule has 1 aliphatic heterocycles. The van der Waals surface area contributed by atoms with Crippen molar-refractivity contribution >= 4 is 5.82 Å². The van der Waals surface area contributed by atoms with Crippen LogP contribution < -0.4 is 9.64 Å². The fourth-order valence-corrected chi connectivity index (χ4v) is 2.72. The van der Waals surface area contributed by atoms with Crippen LogP contribution in [-0.2, 0) is 0 Å². The number of aromatic nitrogens is 3. The van der Waals surface area contributed by atoms with E-state index in [-0.39, 0.29) is 0 Å². The first-order chi connectivity index (χ1) is 10.7. The van der Waals surface area contributed by atoms with Crippen LogP contribution in [0.4, 0.5) is 5.82 Å². The summed E-state index contributed by atoms with van der Waals surface area (Å²) in [7, 11) is 0. The van der Waals surface area contributed by atoms with Crippen LogP contribution in [0.3, 0.4) is 0 Å². The Balaban J connectivity index is 1.49. The van der Waals surface area contributed by atoms with Crippen LogP contribution in [0.25, 0.3) is 0 Å². The Hall–Kier alpha value is -2.17. The number of aryl methyl sites for hydroxylation is 2. The quantitative estimate of drug-likeness (QED) is 0.868. The molecule has 0 spiro atoms. The monoisotopic (exact) mass is 298 g/mol. The first kappa shape index (κ1) is 14.8. The van der Waals surface area contributed by atoms with E-state index in [1.165, 1.54) is 0 Å². The summed E-state index contributed by atoms with van der Waals surface area (Å²) in [5, 5.41) is 8.41. The number of hydrogen-bond acceptors (Lipinski definition) is 5. The molecule has 0 N–H and O–H groups in total. The maximum atomic E-state index is 5.95. The second-order valence-electron chi connectivity index (χ2n) is 5.92. The highest BCUT2D eigenvalue weighted by Crippen LogP contribution is 2.23. The summed E-state index contributed by atoms with van der Waals surface area (Å²) >= 11 is 0. The highest BCUT2D eigenvalue weighted by Gasteiger charge is 2.21. The fraction of sp³-hybridized carbons (Fsp3) is 0.471. The summed E-state index contributed by atoms with van der Waals surface area (Å²) in [4.78, 5) is 6.40. The van der Waals surface area contributed by atoms with Gasteiger partial charge in [0.25, 0.3) is 0 Å². The predicted molar refractivity (Wildman–Crippen MR) is 86.2 cm³/mol. The molecule has 0 saturated carbocycles. The molecular formula is C17H22N4O. The Bertz CT molecular complexity index is 606. The first-order valence-electron chi connectivity index (χ1n) is 7.81. The zero-order valence-electron chi connectivity index (χ0n) is 13.2. The Morgan fingerprint density at radius 1 is 1.14 bits per heavy atom. The third-order valence-electron chi connectivity index (χ3n) is 4.17. The van der Waals surface area contributed by atoms with E-state index in [2.05, 4.69) is 26.1 Å². The Morgan fingerprint density at radius 2 is 1.95 bits per heavy atom. The fourth-order valence-electron chi connectivity index (χ4n) is 2.72. The standard InChI is InChI=1S/C17H22N4O/c1-13-11-18-8-5-16(13)22-12-15-6-9-21(10-7-15)17-4-3-14(2)19-20-17/h3-5,8,11,15H,6-7,9-10,12H2,1-2H3. The van der Waals surface area contributed by atoms with Crippen LogP contribution in [0.2, 0.25) is 0 Å². The van der Waals surface area contributed by atoms with Gasteiger partial charge in [0.05, 0.1) is 12.3 Å². The molecule has 0 radical (unpaired) electrons. The number of rotatable bonds is 4. The van der Waals surface area contributed by atoms with Crippen molar-refractivity contribution in [3.63, 3.8) is 0 Å². The van der Waals surface area contributed by atoms with Crippen LogP contribution >= 0.6 is 0 Å². The van der Waals surface area contributed by atoms with E-state index in [0.717, 1.165) is 55.4 Å². The Labute approximate surface area is 131 Å². The summed E-state index contributed by atoms with van der Waals surface area (Å²) in [5.41, 5.74) is 2.05. The van der Waals surface area contributed by atoms with Crippen molar-refractivity contribution in [3.8, 4) is 5.75 Å². The smallest absolute Gasteiger partial charge is 0.151 e. The molecule has 0 amide bonds. The molecule has 0 aromatic carbocycles. The number of nitrogens with zero attached hydrogens (tertiary/aromatic N) is 4. The van der Waals surface area contributed by atoms with Gasteiger partial charge in [0.2, 0.25) is 0 Å². The third kappa shape index (κ3) is 3.53. The highest BCUT2D eigenvalue weighted by atomic mass is 16.5. The number of anilines is 1. The number of pyridine rings is 1. The second-order valence-corrected chi connectivity index (χ2v) is 5.92. The van der Waals surface area contributed by atoms with Crippen LogP contribution in [-0.4, -0.2) is 34.9 Å². The third-order valence-corrected chi connectivity index (χ3v) is 4.17. The van der Waals surface area contributed by atoms with Crippen LogP contribution in [0, 0.1) is 19.8 Å². The minimum absolute atomic E-state index is 0.599. The molecule has 1 aliphatic rings. The molecular weight excluding hydrogens is 276 g/mol. The lowest BCUT2D eigenvalue weighted by Crippen LogP contribution is -2.36. The van der Waals surface area contributed by atoms with E-state index in [0.29, 0.717) is 5.92 Å². The number of piperidine rings is 1. The van der Waals surface area contributed by atoms with Gasteiger partial charge >= 0.3 is 0 Å². The Morgan fingerprint density at radius 3 is 2.64 bits per heavy atom. The average Bonchev–Trinajstić information content (AvgIpc) is 2.55. The van der Waals surface area contributed by atoms with E-state index in [1.54, 1.807) is 6.20 Å². The minimum atomic E-state index is 0.599. The van der Waals surface area contributed by atoms with E-state index in [9.17, 15) is 0 Å². The molecule has 0 atom stereocenters. The second kappa shape index (κ2) is 6.73. The minimum Gasteiger partial charge on any atom is -0.493 e. The Kier molecular flexibility index (Phi) is 4.51. The molecule has 2 aromatic rings. The van der Waals surface area contributed by atoms with Gasteiger partial charge in [0, 0.05) is 31.0 Å². The molecule has 5 heteroatoms. The van der Waals surface area contributed by atoms with Crippen LogP contribution in [0.15, 0.2) is 30.6 Å². The van der Waals surface area contributed by atoms with Crippen molar-refractivity contribution in [2.24, 2.45) is 5.92 Å². The zero-order valence-corrected chi connectivity index (χ0v) is 13.2. The summed E-state index contributed by atoms with van der Waals surface area (Å²) in [6.07, 6.45) is 5.87. The summed E-state index contributed by atoms with van der Waals surface area (Å²) in [6, 6.07) is 6.01. The summed E-state index contributed by atoms with van der Waals surface area (Å²) in [5.74, 6) is 2.53. The van der Waals surface area contributed by atoms with Crippen molar-refractivity contribution in [1.82, 2.24) is 15.2 Å². The van der Waals surface area contributed by atoms with Gasteiger partial charge in [-0.05, 0) is 50.8 Å². The van der Waals surface area contributed by atoms with Crippen LogP contribution in [0.5, 0.6) is 5.75 Å². The van der Waals surface area contributed by atoms with Gasteiger partial charge in [-0.15, -0.1) is 5.10 Å². The molecule has 2 aromatic heterocycles. The van der Waals surface area contributed by atoms with E-state index in [1.807, 2.05) is 32.2 Å². The van der Waals surface area contributed by atoms with Gasteiger partial charge in [-0.1, -0.05) is 0 Å². The van der Waals surface area contributed by atoms with E-state index < -0.39 is 0 Å². The number of ether oxygens (including phenoxy) is 1. The van der Waals surface area contributed by atoms with Gasteiger partial charge in [-0.25, -0.2) is 0 Å². The molecule has 0 aliphatic carbocycles. The number of hydrogen-bond donors (Lipinski definition) is 0. The van der Waals surface area contributed by atoms with Crippen molar-refractivity contribution in [2.45, 2.75) is 26.7 Å². The molecule has 3 rings (SSSR count). The van der Waals surface area contributed by atoms with Crippen molar-refractivity contribution in [2.75, 3.05) is 24.6 Å². The van der Waals surface area contributed by atoms with Gasteiger partial charge in [-0.3, -0.25) is 4.98 Å². The lowest BCUT2D eigenvalue weighted by Gasteiger charge is -2.32. The predicted octanol–water partition coefficient (Wildman–Crippen LogP) is 2.78. The molecule has 0 bridgehead atoms. The molecule has 3 heterocycles. The summed E-state index contributed by atoms with van der Waals surface area (Å²) in [6.45, 7) is 6.79. The van der Waals surface area contributed by atoms with Gasteiger partial charge in [0.15, 0.2) is 5.82 Å². The highest BCUT2D eigenvalue weighted by molar-refractivity contribution is 5.37. The first-order valence-corrected chi connectivity index (χ1v) is 7.81. The van der Waals surface area contributed by atoms with Crippen molar-refractivity contribution < 1.29 is 4.74 Å². The van der Waals surface area contributed by atoms with Crippen molar-refractivity contribution in [1.29, 1.82) is 0 Å². The van der Waals surface area contributed by atoms with E-state index in [4.69, 9.17) is 4.74 Å². The molecule has 1 saturated heterocycles. The molecule has 22 heavy (non-hydrogen) atoms. The van der Waals surface area contributed by atoms with Gasteiger partial charge in [-0.2, -0.15) is 5.10 Å². The topological polar surface area (TPSA) is 51.1 Å². The largest absolute Gasteiger partial charge is 0.493 e. The molecule has 0 unspecified atom stereocenters. The lowest BCUT2D eigenvalue weighted by molar-refractivity contribution is 0.221. The molecule has 1 fully saturated rings.